The molecule has 0 saturated carbocycles. The third kappa shape index (κ3) is 8.98. The third-order valence-electron chi connectivity index (χ3n) is 1.46. The van der Waals surface area contributed by atoms with Crippen molar-refractivity contribution in [3.8, 4) is 0 Å². The molecule has 0 bridgehead atoms. The number of hydrogen-bond donors (Lipinski definition) is 0. The van der Waals surface area contributed by atoms with Crippen molar-refractivity contribution in [2.24, 2.45) is 0 Å². The molecule has 0 atom stereocenters. The van der Waals surface area contributed by atoms with Crippen LogP contribution in [-0.4, -0.2) is 26.4 Å². The van der Waals surface area contributed by atoms with Crippen LogP contribution in [0.3, 0.4) is 0 Å². The average molecular weight is 445 g/mol. The molecule has 0 unspecified atom stereocenters. The molecule has 6 nitrogen and oxygen atoms in total. The Hall–Kier alpha value is 1.24. The first-order valence-electron chi connectivity index (χ1n) is 4.38. The zero-order valence-electron chi connectivity index (χ0n) is 8.40. The van der Waals surface area contributed by atoms with Gasteiger partial charge in [0.15, 0.2) is 0 Å². The monoisotopic (exact) mass is 446 g/mol. The Morgan fingerprint density at radius 1 is 0.667 bits per heavy atom. The summed E-state index contributed by atoms with van der Waals surface area (Å²) in [6.07, 6.45) is 1.74. The van der Waals surface area contributed by atoms with Crippen LogP contribution in [0.15, 0.2) is 0 Å². The molecule has 2 heterocycles. The van der Waals surface area contributed by atoms with Crippen LogP contribution in [0.1, 0.15) is 12.8 Å². The Morgan fingerprint density at radius 3 is 1.07 bits per heavy atom. The van der Waals surface area contributed by atoms with Gasteiger partial charge in [0.05, 0.1) is 26.4 Å². The number of rotatable bonds is 0. The molecule has 9 heteroatoms. The van der Waals surface area contributed by atoms with E-state index in [9.17, 15) is 9.13 Å². The van der Waals surface area contributed by atoms with Crippen LogP contribution in [-0.2, 0) is 54.9 Å². The van der Waals surface area contributed by atoms with Crippen LogP contribution in [0.5, 0.6) is 0 Å². The first-order chi connectivity index (χ1) is 6.79. The first-order valence-corrected chi connectivity index (χ1v) is 6.83. The molecule has 86 valence electrons. The van der Waals surface area contributed by atoms with Crippen LogP contribution < -0.4 is 0 Å². The minimum atomic E-state index is -2.04. The Morgan fingerprint density at radius 2 is 0.933 bits per heavy atom. The van der Waals surface area contributed by atoms with Gasteiger partial charge in [-0.2, -0.15) is 0 Å². The summed E-state index contributed by atoms with van der Waals surface area (Å²) in [7, 11) is -4.09. The molecule has 0 radical (unpaired) electrons. The van der Waals surface area contributed by atoms with E-state index in [1.165, 1.54) is 0 Å². The van der Waals surface area contributed by atoms with Crippen molar-refractivity contribution in [3.63, 3.8) is 0 Å². The fraction of sp³-hybridized carbons (Fsp3) is 1.00. The van der Waals surface area contributed by atoms with Crippen molar-refractivity contribution in [1.29, 1.82) is 0 Å². The van der Waals surface area contributed by atoms with Crippen LogP contribution in [0.25, 0.3) is 0 Å². The molecule has 0 aliphatic carbocycles. The third-order valence-corrected chi connectivity index (χ3v) is 3.22. The first kappa shape index (κ1) is 16.2. The molecule has 0 spiro atoms. The molecule has 2 fully saturated rings. The SMILES string of the molecule is O=[PH]1OCCCO1.O=[PH]1OCCCO1.[Hg]. The predicted octanol–water partition coefficient (Wildman–Crippen LogP) is 1.62. The summed E-state index contributed by atoms with van der Waals surface area (Å²) in [5.74, 6) is 0. The van der Waals surface area contributed by atoms with Crippen molar-refractivity contribution in [1.82, 2.24) is 0 Å². The summed E-state index contributed by atoms with van der Waals surface area (Å²) in [6, 6.07) is 0. The molecule has 2 rings (SSSR count). The molecule has 0 N–H and O–H groups in total. The van der Waals surface area contributed by atoms with Crippen LogP contribution in [0.2, 0.25) is 0 Å². The van der Waals surface area contributed by atoms with Crippen molar-refractivity contribution < 1.29 is 54.9 Å². The van der Waals surface area contributed by atoms with Gasteiger partial charge in [0, 0.05) is 27.7 Å². The van der Waals surface area contributed by atoms with Gasteiger partial charge in [0.25, 0.3) is 0 Å². The molecule has 0 aromatic heterocycles. The van der Waals surface area contributed by atoms with Gasteiger partial charge >= 0.3 is 16.5 Å². The van der Waals surface area contributed by atoms with E-state index in [0.29, 0.717) is 26.4 Å². The van der Waals surface area contributed by atoms with Gasteiger partial charge in [-0.1, -0.05) is 0 Å². The van der Waals surface area contributed by atoms with Crippen molar-refractivity contribution in [2.75, 3.05) is 26.4 Å². The summed E-state index contributed by atoms with van der Waals surface area (Å²) < 4.78 is 38.8. The molecule has 2 saturated heterocycles. The minimum Gasteiger partial charge on any atom is -0.311 e. The van der Waals surface area contributed by atoms with Gasteiger partial charge in [-0.25, -0.2) is 0 Å². The maximum atomic E-state index is 10.2. The summed E-state index contributed by atoms with van der Waals surface area (Å²) in [5.41, 5.74) is 0. The average Bonchev–Trinajstić information content (AvgIpc) is 2.21. The fourth-order valence-electron chi connectivity index (χ4n) is 0.823. The Bertz CT molecular complexity index is 176. The maximum absolute atomic E-state index is 10.2. The van der Waals surface area contributed by atoms with Crippen molar-refractivity contribution >= 4 is 16.5 Å². The van der Waals surface area contributed by atoms with Crippen molar-refractivity contribution in [2.45, 2.75) is 12.8 Å². The van der Waals surface area contributed by atoms with E-state index in [1.54, 1.807) is 0 Å². The molecule has 0 aromatic rings. The number of hydrogen-bond acceptors (Lipinski definition) is 6. The van der Waals surface area contributed by atoms with Crippen LogP contribution >= 0.6 is 16.5 Å². The van der Waals surface area contributed by atoms with E-state index in [2.05, 4.69) is 18.1 Å². The Labute approximate surface area is 110 Å². The van der Waals surface area contributed by atoms with Crippen molar-refractivity contribution in [3.05, 3.63) is 0 Å². The topological polar surface area (TPSA) is 71.1 Å². The minimum absolute atomic E-state index is 0. The largest absolute Gasteiger partial charge is 0.319 e. The standard InChI is InChI=1S/2C3H7O3P.Hg/c2*4-7-5-2-1-3-6-7;/h2*7H,1-3H2;. The van der Waals surface area contributed by atoms with Gasteiger partial charge in [-0.3, -0.25) is 9.13 Å². The smallest absolute Gasteiger partial charge is 0.311 e. The summed E-state index contributed by atoms with van der Waals surface area (Å²) >= 11 is 0. The Balaban J connectivity index is 0.000000245. The van der Waals surface area contributed by atoms with E-state index >= 15 is 0 Å². The van der Waals surface area contributed by atoms with Crippen LogP contribution in [0.4, 0.5) is 0 Å². The fourth-order valence-corrected chi connectivity index (χ4v) is 2.23. The zero-order chi connectivity index (χ0) is 10.2. The zero-order valence-corrected chi connectivity index (χ0v) is 15.9. The maximum Gasteiger partial charge on any atom is 0.319 e. The van der Waals surface area contributed by atoms with E-state index in [0.717, 1.165) is 12.8 Å². The summed E-state index contributed by atoms with van der Waals surface area (Å²) in [4.78, 5) is 0. The van der Waals surface area contributed by atoms with Gasteiger partial charge in [0.1, 0.15) is 0 Å². The summed E-state index contributed by atoms with van der Waals surface area (Å²) in [5, 5.41) is 0. The molecule has 0 aromatic carbocycles. The molecular weight excluding hydrogens is 431 g/mol. The van der Waals surface area contributed by atoms with Gasteiger partial charge < -0.3 is 18.1 Å². The quantitative estimate of drug-likeness (QED) is 0.418. The second kappa shape index (κ2) is 10.4. The van der Waals surface area contributed by atoms with E-state index in [1.807, 2.05) is 0 Å². The van der Waals surface area contributed by atoms with E-state index in [4.69, 9.17) is 0 Å². The molecule has 15 heavy (non-hydrogen) atoms. The van der Waals surface area contributed by atoms with E-state index in [-0.39, 0.29) is 27.7 Å². The van der Waals surface area contributed by atoms with Crippen LogP contribution in [0, 0.1) is 0 Å². The summed E-state index contributed by atoms with van der Waals surface area (Å²) in [6.45, 7) is 2.38. The van der Waals surface area contributed by atoms with Gasteiger partial charge in [-0.05, 0) is 12.8 Å². The molecule has 2 aliphatic heterocycles. The normalized spacial score (nSPS) is 23.5. The second-order valence-corrected chi connectivity index (χ2v) is 4.76. The Kier molecular flexibility index (Phi) is 11.2. The molecule has 2 aliphatic rings. The second-order valence-electron chi connectivity index (χ2n) is 2.60. The molecular formula is C6H14HgO6P2. The van der Waals surface area contributed by atoms with Gasteiger partial charge in [0.2, 0.25) is 0 Å². The molecule has 0 amide bonds. The predicted molar refractivity (Wildman–Crippen MR) is 51.0 cm³/mol. The van der Waals surface area contributed by atoms with E-state index < -0.39 is 16.5 Å². The van der Waals surface area contributed by atoms with Gasteiger partial charge in [-0.15, -0.1) is 0 Å².